The molecule has 3 aromatic rings. The lowest BCUT2D eigenvalue weighted by Gasteiger charge is -2.15. The van der Waals surface area contributed by atoms with E-state index < -0.39 is 0 Å². The number of thiazole rings is 1. The molecular weight excluding hydrogens is 270 g/mol. The molecule has 0 aliphatic rings. The molecule has 2 heterocycles. The van der Waals surface area contributed by atoms with E-state index in [0.29, 0.717) is 13.0 Å². The Bertz CT molecular complexity index is 718. The van der Waals surface area contributed by atoms with Gasteiger partial charge in [-0.05, 0) is 11.6 Å². The molecule has 0 radical (unpaired) electrons. The number of fused-ring (bicyclic) bond motifs is 1. The highest BCUT2D eigenvalue weighted by atomic mass is 32.1. The number of para-hydroxylation sites is 1. The van der Waals surface area contributed by atoms with E-state index >= 15 is 0 Å². The summed E-state index contributed by atoms with van der Waals surface area (Å²) in [5, 5.41) is 3.08. The average Bonchev–Trinajstić information content (AvgIpc) is 3.09. The van der Waals surface area contributed by atoms with Crippen molar-refractivity contribution in [2.75, 3.05) is 7.05 Å². The molecular formula is C15H15N3OS. The van der Waals surface area contributed by atoms with E-state index in [1.165, 1.54) is 0 Å². The number of aromatic amines is 1. The molecule has 0 fully saturated rings. The van der Waals surface area contributed by atoms with Crippen LogP contribution < -0.4 is 0 Å². The van der Waals surface area contributed by atoms with Crippen LogP contribution in [0, 0.1) is 0 Å². The second kappa shape index (κ2) is 5.46. The molecule has 0 unspecified atom stereocenters. The van der Waals surface area contributed by atoms with Gasteiger partial charge in [0.25, 0.3) is 0 Å². The van der Waals surface area contributed by atoms with Crippen molar-refractivity contribution in [1.82, 2.24) is 14.9 Å². The van der Waals surface area contributed by atoms with Crippen molar-refractivity contribution in [2.45, 2.75) is 13.0 Å². The van der Waals surface area contributed by atoms with Crippen LogP contribution in [0.5, 0.6) is 0 Å². The second-order valence-corrected chi connectivity index (χ2v) is 5.48. The number of amides is 1. The molecule has 1 amide bonds. The second-order valence-electron chi connectivity index (χ2n) is 4.77. The fourth-order valence-electron chi connectivity index (χ4n) is 2.22. The lowest BCUT2D eigenvalue weighted by molar-refractivity contribution is -0.129. The lowest BCUT2D eigenvalue weighted by atomic mass is 10.1. The summed E-state index contributed by atoms with van der Waals surface area (Å²) in [5.74, 6) is 0.0998. The van der Waals surface area contributed by atoms with Gasteiger partial charge in [-0.3, -0.25) is 4.79 Å². The summed E-state index contributed by atoms with van der Waals surface area (Å²) in [7, 11) is 1.82. The molecule has 0 bridgehead atoms. The Kier molecular flexibility index (Phi) is 3.52. The maximum Gasteiger partial charge on any atom is 0.227 e. The number of aromatic nitrogens is 2. The van der Waals surface area contributed by atoms with E-state index in [9.17, 15) is 4.79 Å². The number of likely N-dealkylation sites (N-methyl/N-ethyl adjacent to an activating group) is 1. The van der Waals surface area contributed by atoms with Crippen LogP contribution >= 0.6 is 11.3 Å². The summed E-state index contributed by atoms with van der Waals surface area (Å²) >= 11 is 1.55. The minimum Gasteiger partial charge on any atom is -0.361 e. The van der Waals surface area contributed by atoms with Gasteiger partial charge < -0.3 is 9.88 Å². The Balaban J connectivity index is 1.72. The van der Waals surface area contributed by atoms with Gasteiger partial charge in [0.05, 0.1) is 24.2 Å². The molecule has 0 aliphatic carbocycles. The van der Waals surface area contributed by atoms with Crippen molar-refractivity contribution in [3.63, 3.8) is 0 Å². The van der Waals surface area contributed by atoms with Crippen LogP contribution in [0.4, 0.5) is 0 Å². The van der Waals surface area contributed by atoms with Gasteiger partial charge in [-0.15, -0.1) is 11.3 Å². The van der Waals surface area contributed by atoms with Crippen LogP contribution in [0.25, 0.3) is 10.9 Å². The maximum absolute atomic E-state index is 12.3. The first-order chi connectivity index (χ1) is 9.74. The first-order valence-electron chi connectivity index (χ1n) is 6.40. The third kappa shape index (κ3) is 2.58. The molecule has 0 aliphatic heterocycles. The van der Waals surface area contributed by atoms with E-state index in [2.05, 4.69) is 9.97 Å². The topological polar surface area (TPSA) is 49.0 Å². The number of carbonyl (C=O) groups excluding carboxylic acids is 1. The third-order valence-electron chi connectivity index (χ3n) is 3.32. The number of hydrogen-bond donors (Lipinski definition) is 1. The number of rotatable bonds is 4. The quantitative estimate of drug-likeness (QED) is 0.801. The molecule has 1 aromatic carbocycles. The van der Waals surface area contributed by atoms with Crippen molar-refractivity contribution < 1.29 is 4.79 Å². The summed E-state index contributed by atoms with van der Waals surface area (Å²) in [6, 6.07) is 8.03. The molecule has 0 spiro atoms. The van der Waals surface area contributed by atoms with E-state index in [1.54, 1.807) is 21.7 Å². The van der Waals surface area contributed by atoms with Crippen molar-refractivity contribution in [3.8, 4) is 0 Å². The Morgan fingerprint density at radius 3 is 3.05 bits per heavy atom. The van der Waals surface area contributed by atoms with Gasteiger partial charge in [0.1, 0.15) is 0 Å². The van der Waals surface area contributed by atoms with E-state index in [1.807, 2.05) is 42.9 Å². The van der Waals surface area contributed by atoms with Crippen LogP contribution in [0.15, 0.2) is 41.4 Å². The summed E-state index contributed by atoms with van der Waals surface area (Å²) in [4.78, 5) is 21.4. The predicted octanol–water partition coefficient (Wildman–Crippen LogP) is 2.83. The molecule has 0 atom stereocenters. The Labute approximate surface area is 121 Å². The number of carbonyl (C=O) groups is 1. The lowest BCUT2D eigenvalue weighted by Crippen LogP contribution is -2.27. The fraction of sp³-hybridized carbons (Fsp3) is 0.200. The zero-order chi connectivity index (χ0) is 13.9. The maximum atomic E-state index is 12.3. The third-order valence-corrected chi connectivity index (χ3v) is 3.96. The van der Waals surface area contributed by atoms with Crippen LogP contribution in [0.2, 0.25) is 0 Å². The molecule has 1 N–H and O–H groups in total. The fourth-order valence-corrected chi connectivity index (χ4v) is 2.77. The summed E-state index contributed by atoms with van der Waals surface area (Å²) in [6.07, 6.45) is 2.32. The van der Waals surface area contributed by atoms with Crippen molar-refractivity contribution >= 4 is 28.1 Å². The van der Waals surface area contributed by atoms with Crippen molar-refractivity contribution in [1.29, 1.82) is 0 Å². The van der Waals surface area contributed by atoms with Gasteiger partial charge in [0.2, 0.25) is 5.91 Å². The Morgan fingerprint density at radius 2 is 2.25 bits per heavy atom. The van der Waals surface area contributed by atoms with Gasteiger partial charge in [-0.1, -0.05) is 18.2 Å². The molecule has 0 saturated heterocycles. The summed E-state index contributed by atoms with van der Waals surface area (Å²) in [6.45, 7) is 0.560. The summed E-state index contributed by atoms with van der Waals surface area (Å²) < 4.78 is 0. The number of H-pyrrole nitrogens is 1. The van der Waals surface area contributed by atoms with Crippen LogP contribution in [0.1, 0.15) is 11.3 Å². The SMILES string of the molecule is CN(Cc1cscn1)C(=O)Cc1c[nH]c2ccccc12. The molecule has 3 rings (SSSR count). The number of hydrogen-bond acceptors (Lipinski definition) is 3. The predicted molar refractivity (Wildman–Crippen MR) is 80.6 cm³/mol. The van der Waals surface area contributed by atoms with E-state index in [4.69, 9.17) is 0 Å². The molecule has 102 valence electrons. The zero-order valence-corrected chi connectivity index (χ0v) is 12.0. The van der Waals surface area contributed by atoms with Gasteiger partial charge in [0, 0.05) is 29.5 Å². The molecule has 4 nitrogen and oxygen atoms in total. The number of nitrogens with zero attached hydrogens (tertiary/aromatic N) is 2. The van der Waals surface area contributed by atoms with Gasteiger partial charge in [0.15, 0.2) is 0 Å². The van der Waals surface area contributed by atoms with Crippen molar-refractivity contribution in [2.24, 2.45) is 0 Å². The molecule has 20 heavy (non-hydrogen) atoms. The molecule has 2 aromatic heterocycles. The first-order valence-corrected chi connectivity index (χ1v) is 7.34. The van der Waals surface area contributed by atoms with Crippen LogP contribution in [-0.2, 0) is 17.8 Å². The number of benzene rings is 1. The van der Waals surface area contributed by atoms with E-state index in [0.717, 1.165) is 22.2 Å². The van der Waals surface area contributed by atoms with Crippen LogP contribution in [-0.4, -0.2) is 27.8 Å². The van der Waals surface area contributed by atoms with E-state index in [-0.39, 0.29) is 5.91 Å². The minimum absolute atomic E-state index is 0.0998. The first kappa shape index (κ1) is 12.9. The standard InChI is InChI=1S/C15H15N3OS/c1-18(8-12-9-20-10-17-12)15(19)6-11-7-16-14-5-3-2-4-13(11)14/h2-5,7,9-10,16H,6,8H2,1H3. The summed E-state index contributed by atoms with van der Waals surface area (Å²) in [5.41, 5.74) is 4.82. The average molecular weight is 285 g/mol. The van der Waals surface area contributed by atoms with Crippen molar-refractivity contribution in [3.05, 3.63) is 52.6 Å². The minimum atomic E-state index is 0.0998. The van der Waals surface area contributed by atoms with Gasteiger partial charge >= 0.3 is 0 Å². The molecule has 5 heteroatoms. The monoisotopic (exact) mass is 285 g/mol. The highest BCUT2D eigenvalue weighted by Crippen LogP contribution is 2.18. The highest BCUT2D eigenvalue weighted by Gasteiger charge is 2.13. The van der Waals surface area contributed by atoms with Crippen LogP contribution in [0.3, 0.4) is 0 Å². The van der Waals surface area contributed by atoms with Gasteiger partial charge in [-0.2, -0.15) is 0 Å². The number of nitrogens with one attached hydrogen (secondary N) is 1. The Morgan fingerprint density at radius 1 is 1.40 bits per heavy atom. The Hall–Kier alpha value is -2.14. The normalized spacial score (nSPS) is 10.8. The zero-order valence-electron chi connectivity index (χ0n) is 11.2. The smallest absolute Gasteiger partial charge is 0.227 e. The van der Waals surface area contributed by atoms with Gasteiger partial charge in [-0.25, -0.2) is 4.98 Å². The largest absolute Gasteiger partial charge is 0.361 e. The molecule has 0 saturated carbocycles. The highest BCUT2D eigenvalue weighted by molar-refractivity contribution is 7.07.